The van der Waals surface area contributed by atoms with Gasteiger partial charge in [0.15, 0.2) is 11.4 Å². The van der Waals surface area contributed by atoms with Crippen LogP contribution in [0.5, 0.6) is 5.75 Å². The van der Waals surface area contributed by atoms with Crippen LogP contribution >= 0.6 is 68.3 Å². The normalized spacial score (nSPS) is 14.5. The summed E-state index contributed by atoms with van der Waals surface area (Å²) in [6, 6.07) is 20.4. The summed E-state index contributed by atoms with van der Waals surface area (Å²) in [4.78, 5) is 46.1. The minimum absolute atomic E-state index is 0.184. The summed E-state index contributed by atoms with van der Waals surface area (Å²) in [7, 11) is 0. The Balaban J connectivity index is 1.68. The first-order valence-corrected chi connectivity index (χ1v) is 18.1. The zero-order valence-corrected chi connectivity index (χ0v) is 30.5. The Morgan fingerprint density at radius 3 is 2.29 bits per heavy atom. The summed E-state index contributed by atoms with van der Waals surface area (Å²) in [5, 5.41) is 0. The molecule has 0 bridgehead atoms. The summed E-state index contributed by atoms with van der Waals surface area (Å²) in [5.41, 5.74) is 2.84. The van der Waals surface area contributed by atoms with E-state index in [0.29, 0.717) is 26.4 Å². The number of ether oxygens (including phenoxy) is 3. The maximum atomic E-state index is 14.2. The van der Waals surface area contributed by atoms with E-state index in [2.05, 4.69) is 45.2 Å². The van der Waals surface area contributed by atoms with Crippen molar-refractivity contribution in [2.45, 2.75) is 24.8 Å². The van der Waals surface area contributed by atoms with Gasteiger partial charge in [-0.25, -0.2) is 14.6 Å². The van der Waals surface area contributed by atoms with E-state index < -0.39 is 18.0 Å². The zero-order valence-electron chi connectivity index (χ0n) is 24.5. The molecule has 0 saturated heterocycles. The van der Waals surface area contributed by atoms with Gasteiger partial charge in [0.05, 0.1) is 42.2 Å². The molecule has 12 heteroatoms. The van der Waals surface area contributed by atoms with Gasteiger partial charge in [0.1, 0.15) is 5.75 Å². The molecule has 0 N–H and O–H groups in total. The van der Waals surface area contributed by atoms with Crippen molar-refractivity contribution in [3.63, 3.8) is 0 Å². The van der Waals surface area contributed by atoms with Crippen molar-refractivity contribution < 1.29 is 23.8 Å². The van der Waals surface area contributed by atoms with Crippen LogP contribution in [-0.2, 0) is 19.1 Å². The van der Waals surface area contributed by atoms with Gasteiger partial charge in [0.2, 0.25) is 0 Å². The lowest BCUT2D eigenvalue weighted by Crippen LogP contribution is -2.40. The van der Waals surface area contributed by atoms with Crippen LogP contribution in [-0.4, -0.2) is 42.6 Å². The number of nitrogens with zero attached hydrogens (tertiary/aromatic N) is 2. The van der Waals surface area contributed by atoms with Crippen molar-refractivity contribution >= 4 is 92.0 Å². The van der Waals surface area contributed by atoms with Gasteiger partial charge in [-0.05, 0) is 107 Å². The first kappa shape index (κ1) is 33.4. The molecule has 0 fully saturated rings. The highest BCUT2D eigenvalue weighted by molar-refractivity contribution is 14.1. The van der Waals surface area contributed by atoms with E-state index in [-0.39, 0.29) is 25.4 Å². The highest BCUT2D eigenvalue weighted by Gasteiger charge is 2.35. The summed E-state index contributed by atoms with van der Waals surface area (Å²) >= 11 is 7.18. The van der Waals surface area contributed by atoms with Gasteiger partial charge in [-0.15, -0.1) is 11.8 Å². The predicted octanol–water partition coefficient (Wildman–Crippen LogP) is 5.81. The lowest BCUT2D eigenvalue weighted by atomic mass is 9.93. The van der Waals surface area contributed by atoms with E-state index in [9.17, 15) is 14.4 Å². The maximum absolute atomic E-state index is 14.2. The SMILES string of the molecule is CCOC(=O)COc1c(I)cc(/C=c2\sc3n(c2=O)[C@H](c2ccc(SC)cc2)C(C(=O)OCC)=C(c2ccccc2)N=3)cc1I. The fourth-order valence-electron chi connectivity index (χ4n) is 4.83. The number of benzene rings is 3. The summed E-state index contributed by atoms with van der Waals surface area (Å²) in [6.45, 7) is 3.78. The number of thioether (sulfide) groups is 1. The van der Waals surface area contributed by atoms with Gasteiger partial charge in [-0.2, -0.15) is 0 Å². The molecule has 2 heterocycles. The molecule has 0 saturated carbocycles. The van der Waals surface area contributed by atoms with Crippen molar-refractivity contribution in [3.8, 4) is 5.75 Å². The Bertz CT molecular complexity index is 1930. The first-order valence-electron chi connectivity index (χ1n) is 14.0. The van der Waals surface area contributed by atoms with Crippen LogP contribution in [0.2, 0.25) is 0 Å². The Kier molecular flexibility index (Phi) is 11.2. The number of thiazole rings is 1. The average Bonchev–Trinajstić information content (AvgIpc) is 3.34. The second kappa shape index (κ2) is 15.1. The predicted molar refractivity (Wildman–Crippen MR) is 193 cm³/mol. The largest absolute Gasteiger partial charge is 0.480 e. The fraction of sp³-hybridized carbons (Fsp3) is 0.212. The third-order valence-corrected chi connectivity index (χ3v) is 10.1. The molecule has 0 aliphatic carbocycles. The summed E-state index contributed by atoms with van der Waals surface area (Å²) in [5.74, 6) is -0.386. The number of hydrogen-bond donors (Lipinski definition) is 0. The molecule has 4 aromatic rings. The molecule has 232 valence electrons. The number of carbonyl (C=O) groups is 2. The summed E-state index contributed by atoms with van der Waals surface area (Å²) in [6.07, 6.45) is 3.81. The van der Waals surface area contributed by atoms with E-state index in [0.717, 1.165) is 28.7 Å². The van der Waals surface area contributed by atoms with Crippen LogP contribution in [0.3, 0.4) is 0 Å². The standard InChI is InChI=1S/C33H28I2N2O6S2/c1-4-41-26(38)18-43-30-23(34)15-19(16-24(30)35)17-25-31(39)37-29(21-11-13-22(44-3)14-12-21)27(32(40)42-5-2)28(36-33(37)45-25)20-9-7-6-8-10-20/h6-17,29H,4-5,18H2,1-3H3/b25-17-/t29-/m1/s1. The van der Waals surface area contributed by atoms with E-state index in [1.165, 1.54) is 11.3 Å². The van der Waals surface area contributed by atoms with Crippen LogP contribution in [0.15, 0.2) is 87.0 Å². The smallest absolute Gasteiger partial charge is 0.344 e. The number of aromatic nitrogens is 1. The van der Waals surface area contributed by atoms with E-state index in [4.69, 9.17) is 19.2 Å². The van der Waals surface area contributed by atoms with Gasteiger partial charge >= 0.3 is 11.9 Å². The van der Waals surface area contributed by atoms with Crippen LogP contribution in [0.1, 0.15) is 36.6 Å². The number of esters is 2. The third kappa shape index (κ3) is 7.39. The van der Waals surface area contributed by atoms with Gasteiger partial charge in [0, 0.05) is 10.5 Å². The molecule has 3 aromatic carbocycles. The van der Waals surface area contributed by atoms with E-state index in [1.54, 1.807) is 30.2 Å². The Morgan fingerprint density at radius 1 is 1.00 bits per heavy atom. The van der Waals surface area contributed by atoms with Crippen molar-refractivity contribution in [2.24, 2.45) is 4.99 Å². The van der Waals surface area contributed by atoms with Crippen molar-refractivity contribution in [1.82, 2.24) is 4.57 Å². The van der Waals surface area contributed by atoms with Crippen LogP contribution < -0.4 is 19.6 Å². The topological polar surface area (TPSA) is 96.2 Å². The number of carbonyl (C=O) groups excluding carboxylic acids is 2. The second-order valence-electron chi connectivity index (χ2n) is 9.61. The molecule has 45 heavy (non-hydrogen) atoms. The molecule has 0 amide bonds. The third-order valence-electron chi connectivity index (χ3n) is 6.76. The Morgan fingerprint density at radius 2 is 1.67 bits per heavy atom. The van der Waals surface area contributed by atoms with E-state index in [1.807, 2.05) is 79.1 Å². The molecule has 0 radical (unpaired) electrons. The molecule has 1 aromatic heterocycles. The molecule has 5 rings (SSSR count). The second-order valence-corrected chi connectivity index (χ2v) is 13.8. The van der Waals surface area contributed by atoms with Crippen LogP contribution in [0.4, 0.5) is 0 Å². The molecular weight excluding hydrogens is 838 g/mol. The molecule has 0 unspecified atom stereocenters. The van der Waals surface area contributed by atoms with Crippen molar-refractivity contribution in [1.29, 1.82) is 0 Å². The monoisotopic (exact) mass is 866 g/mol. The van der Waals surface area contributed by atoms with Crippen LogP contribution in [0.25, 0.3) is 11.8 Å². The fourth-order valence-corrected chi connectivity index (χ4v) is 8.36. The van der Waals surface area contributed by atoms with Crippen molar-refractivity contribution in [2.75, 3.05) is 26.1 Å². The lowest BCUT2D eigenvalue weighted by Gasteiger charge is -2.26. The lowest BCUT2D eigenvalue weighted by molar-refractivity contribution is -0.145. The Hall–Kier alpha value is -2.95. The van der Waals surface area contributed by atoms with Crippen LogP contribution in [0, 0.1) is 7.14 Å². The summed E-state index contributed by atoms with van der Waals surface area (Å²) < 4.78 is 19.9. The first-order chi connectivity index (χ1) is 21.7. The van der Waals surface area contributed by atoms with E-state index >= 15 is 0 Å². The number of rotatable bonds is 10. The molecule has 1 aliphatic rings. The Labute approximate surface area is 295 Å². The molecule has 8 nitrogen and oxygen atoms in total. The molecule has 1 aliphatic heterocycles. The highest BCUT2D eigenvalue weighted by Crippen LogP contribution is 2.36. The maximum Gasteiger partial charge on any atom is 0.344 e. The minimum atomic E-state index is -0.743. The highest BCUT2D eigenvalue weighted by atomic mass is 127. The number of fused-ring (bicyclic) bond motifs is 1. The van der Waals surface area contributed by atoms with Gasteiger partial charge in [-0.1, -0.05) is 53.8 Å². The van der Waals surface area contributed by atoms with Gasteiger partial charge < -0.3 is 14.2 Å². The number of hydrogen-bond acceptors (Lipinski definition) is 9. The van der Waals surface area contributed by atoms with Gasteiger partial charge in [-0.3, -0.25) is 9.36 Å². The zero-order chi connectivity index (χ0) is 32.1. The quantitative estimate of drug-likeness (QED) is 0.113. The molecule has 0 spiro atoms. The molecule has 1 atom stereocenters. The minimum Gasteiger partial charge on any atom is -0.480 e. The molecular formula is C33H28I2N2O6S2. The average molecular weight is 867 g/mol. The van der Waals surface area contributed by atoms with Gasteiger partial charge in [0.25, 0.3) is 5.56 Å². The van der Waals surface area contributed by atoms with Crippen molar-refractivity contribution in [3.05, 3.63) is 116 Å². The number of halogens is 2.